The summed E-state index contributed by atoms with van der Waals surface area (Å²) in [6, 6.07) is 5.90. The normalized spacial score (nSPS) is 16.7. The first-order valence-electron chi connectivity index (χ1n) is 7.75. The lowest BCUT2D eigenvalue weighted by Gasteiger charge is -2.22. The Morgan fingerprint density at radius 3 is 2.95 bits per heavy atom. The molecule has 1 aliphatic rings. The zero-order valence-electron chi connectivity index (χ0n) is 12.4. The number of aryl methyl sites for hydroxylation is 1. The van der Waals surface area contributed by atoms with Crippen LogP contribution in [-0.2, 0) is 17.7 Å². The van der Waals surface area contributed by atoms with Crippen LogP contribution in [0.15, 0.2) is 18.2 Å². The van der Waals surface area contributed by atoms with E-state index in [0.717, 1.165) is 67.4 Å². The first-order chi connectivity index (χ1) is 10.3. The van der Waals surface area contributed by atoms with E-state index in [9.17, 15) is 0 Å². The van der Waals surface area contributed by atoms with Crippen molar-refractivity contribution in [3.8, 4) is 0 Å². The van der Waals surface area contributed by atoms with Crippen LogP contribution in [0.25, 0.3) is 11.0 Å². The highest BCUT2D eigenvalue weighted by Gasteiger charge is 2.14. The molecule has 21 heavy (non-hydrogen) atoms. The van der Waals surface area contributed by atoms with Gasteiger partial charge in [-0.05, 0) is 51.1 Å². The van der Waals surface area contributed by atoms with Crippen LogP contribution >= 0.6 is 11.6 Å². The summed E-state index contributed by atoms with van der Waals surface area (Å²) in [4.78, 5) is 4.71. The van der Waals surface area contributed by atoms with Gasteiger partial charge in [-0.25, -0.2) is 4.98 Å². The Morgan fingerprint density at radius 1 is 1.38 bits per heavy atom. The Morgan fingerprint density at radius 2 is 2.19 bits per heavy atom. The fourth-order valence-corrected chi connectivity index (χ4v) is 3.14. The van der Waals surface area contributed by atoms with Gasteiger partial charge >= 0.3 is 0 Å². The fourth-order valence-electron chi connectivity index (χ4n) is 2.98. The van der Waals surface area contributed by atoms with Crippen LogP contribution in [0.1, 0.15) is 25.6 Å². The largest absolute Gasteiger partial charge is 0.378 e. The number of imidazole rings is 1. The lowest BCUT2D eigenvalue weighted by Crippen LogP contribution is -2.32. The number of halogens is 1. The van der Waals surface area contributed by atoms with E-state index in [-0.39, 0.29) is 0 Å². The minimum absolute atomic E-state index is 0.403. The summed E-state index contributed by atoms with van der Waals surface area (Å²) in [5, 5.41) is 4.09. The van der Waals surface area contributed by atoms with Crippen molar-refractivity contribution in [2.45, 2.75) is 38.8 Å². The standard InChI is InChI=1S/C16H22ClN3O/c1-2-20-15-4-3-12(17)11-14(15)19-16(20)7-10-21-13-5-8-18-9-6-13/h3-4,11,13,18H,2,5-10H2,1H3. The van der Waals surface area contributed by atoms with E-state index >= 15 is 0 Å². The number of nitrogens with zero attached hydrogens (tertiary/aromatic N) is 2. The predicted molar refractivity (Wildman–Crippen MR) is 86.0 cm³/mol. The molecule has 0 unspecified atom stereocenters. The Hall–Kier alpha value is -1.10. The number of aromatic nitrogens is 2. The molecule has 0 spiro atoms. The molecule has 0 atom stereocenters. The molecule has 5 heteroatoms. The Kier molecular flexibility index (Phi) is 4.78. The second-order valence-electron chi connectivity index (χ2n) is 5.48. The third-order valence-electron chi connectivity index (χ3n) is 4.07. The van der Waals surface area contributed by atoms with Crippen molar-refractivity contribution in [1.82, 2.24) is 14.9 Å². The SMILES string of the molecule is CCn1c(CCOC2CCNCC2)nc2cc(Cl)ccc21. The first-order valence-corrected chi connectivity index (χ1v) is 8.12. The van der Waals surface area contributed by atoms with Crippen LogP contribution in [0, 0.1) is 0 Å². The smallest absolute Gasteiger partial charge is 0.112 e. The van der Waals surface area contributed by atoms with Gasteiger partial charge in [0.25, 0.3) is 0 Å². The van der Waals surface area contributed by atoms with E-state index in [1.807, 2.05) is 18.2 Å². The molecule has 1 aromatic heterocycles. The Bertz CT molecular complexity index is 605. The number of piperidine rings is 1. The predicted octanol–water partition coefficient (Wildman–Crippen LogP) is 3.02. The molecule has 0 saturated carbocycles. The second-order valence-corrected chi connectivity index (χ2v) is 5.91. The molecule has 1 aromatic carbocycles. The number of hydrogen-bond donors (Lipinski definition) is 1. The number of ether oxygens (including phenoxy) is 1. The van der Waals surface area contributed by atoms with Gasteiger partial charge in [0.05, 0.1) is 23.7 Å². The lowest BCUT2D eigenvalue weighted by atomic mass is 10.1. The molecule has 4 nitrogen and oxygen atoms in total. The number of fused-ring (bicyclic) bond motifs is 1. The van der Waals surface area contributed by atoms with Crippen molar-refractivity contribution in [2.24, 2.45) is 0 Å². The van der Waals surface area contributed by atoms with Crippen LogP contribution in [0.3, 0.4) is 0 Å². The highest BCUT2D eigenvalue weighted by molar-refractivity contribution is 6.31. The molecule has 2 aromatic rings. The van der Waals surface area contributed by atoms with Crippen molar-refractivity contribution < 1.29 is 4.74 Å². The van der Waals surface area contributed by atoms with Gasteiger partial charge < -0.3 is 14.6 Å². The average molecular weight is 308 g/mol. The van der Waals surface area contributed by atoms with Crippen molar-refractivity contribution in [1.29, 1.82) is 0 Å². The first kappa shape index (κ1) is 14.8. The molecule has 2 heterocycles. The molecule has 0 aliphatic carbocycles. The van der Waals surface area contributed by atoms with E-state index in [0.29, 0.717) is 6.10 Å². The van der Waals surface area contributed by atoms with Gasteiger partial charge in [-0.3, -0.25) is 0 Å². The van der Waals surface area contributed by atoms with Crippen LogP contribution in [0.2, 0.25) is 5.02 Å². The summed E-state index contributed by atoms with van der Waals surface area (Å²) in [5.74, 6) is 1.09. The van der Waals surface area contributed by atoms with Gasteiger partial charge in [0.1, 0.15) is 5.82 Å². The quantitative estimate of drug-likeness (QED) is 0.923. The minimum atomic E-state index is 0.403. The summed E-state index contributed by atoms with van der Waals surface area (Å²) >= 11 is 6.05. The van der Waals surface area contributed by atoms with Crippen molar-refractivity contribution in [2.75, 3.05) is 19.7 Å². The summed E-state index contributed by atoms with van der Waals surface area (Å²) in [6.45, 7) is 5.93. The fraction of sp³-hybridized carbons (Fsp3) is 0.562. The summed E-state index contributed by atoms with van der Waals surface area (Å²) in [5.41, 5.74) is 2.12. The third kappa shape index (κ3) is 3.39. The van der Waals surface area contributed by atoms with Crippen molar-refractivity contribution in [3.05, 3.63) is 29.0 Å². The minimum Gasteiger partial charge on any atom is -0.378 e. The molecule has 0 amide bonds. The van der Waals surface area contributed by atoms with Crippen molar-refractivity contribution in [3.63, 3.8) is 0 Å². The monoisotopic (exact) mass is 307 g/mol. The van der Waals surface area contributed by atoms with Gasteiger partial charge in [-0.15, -0.1) is 0 Å². The summed E-state index contributed by atoms with van der Waals surface area (Å²) in [6.07, 6.45) is 3.48. The number of nitrogens with one attached hydrogen (secondary N) is 1. The van der Waals surface area contributed by atoms with Crippen LogP contribution in [0.4, 0.5) is 0 Å². The highest BCUT2D eigenvalue weighted by Crippen LogP contribution is 2.21. The number of rotatable bonds is 5. The molecule has 1 fully saturated rings. The van der Waals surface area contributed by atoms with E-state index < -0.39 is 0 Å². The molecule has 1 N–H and O–H groups in total. The van der Waals surface area contributed by atoms with Gasteiger partial charge in [-0.2, -0.15) is 0 Å². The zero-order chi connectivity index (χ0) is 14.7. The zero-order valence-corrected chi connectivity index (χ0v) is 13.2. The van der Waals surface area contributed by atoms with E-state index in [4.69, 9.17) is 21.3 Å². The van der Waals surface area contributed by atoms with Gasteiger partial charge in [0, 0.05) is 18.0 Å². The Balaban J connectivity index is 1.68. The van der Waals surface area contributed by atoms with Crippen molar-refractivity contribution >= 4 is 22.6 Å². The van der Waals surface area contributed by atoms with Gasteiger partial charge in [0.2, 0.25) is 0 Å². The Labute approximate surface area is 130 Å². The second kappa shape index (κ2) is 6.77. The molecule has 3 rings (SSSR count). The van der Waals surface area contributed by atoms with E-state index in [2.05, 4.69) is 16.8 Å². The molecule has 0 radical (unpaired) electrons. The maximum Gasteiger partial charge on any atom is 0.112 e. The maximum absolute atomic E-state index is 6.05. The number of benzene rings is 1. The van der Waals surface area contributed by atoms with Crippen LogP contribution in [0.5, 0.6) is 0 Å². The topological polar surface area (TPSA) is 39.1 Å². The number of hydrogen-bond acceptors (Lipinski definition) is 3. The van der Waals surface area contributed by atoms with Crippen LogP contribution in [-0.4, -0.2) is 35.4 Å². The third-order valence-corrected chi connectivity index (χ3v) is 4.31. The summed E-state index contributed by atoms with van der Waals surface area (Å²) < 4.78 is 8.23. The molecule has 114 valence electrons. The lowest BCUT2D eigenvalue weighted by molar-refractivity contribution is 0.0340. The molecule has 1 aliphatic heterocycles. The summed E-state index contributed by atoms with van der Waals surface area (Å²) in [7, 11) is 0. The highest BCUT2D eigenvalue weighted by atomic mass is 35.5. The van der Waals surface area contributed by atoms with E-state index in [1.165, 1.54) is 0 Å². The molecular weight excluding hydrogens is 286 g/mol. The average Bonchev–Trinajstić information content (AvgIpc) is 2.84. The van der Waals surface area contributed by atoms with E-state index in [1.54, 1.807) is 0 Å². The maximum atomic E-state index is 6.05. The van der Waals surface area contributed by atoms with Gasteiger partial charge in [-0.1, -0.05) is 11.6 Å². The van der Waals surface area contributed by atoms with Crippen LogP contribution < -0.4 is 5.32 Å². The molecular formula is C16H22ClN3O. The molecule has 0 bridgehead atoms. The van der Waals surface area contributed by atoms with Gasteiger partial charge in [0.15, 0.2) is 0 Å². The molecule has 1 saturated heterocycles.